The van der Waals surface area contributed by atoms with E-state index >= 15 is 0 Å². The van der Waals surface area contributed by atoms with Crippen LogP contribution in [0.4, 0.5) is 10.5 Å². The summed E-state index contributed by atoms with van der Waals surface area (Å²) in [6.07, 6.45) is 0.489. The number of carboxylic acid groups (broad SMARTS) is 1. The Labute approximate surface area is 118 Å². The van der Waals surface area contributed by atoms with Gasteiger partial charge in [-0.1, -0.05) is 0 Å². The number of carbonyl (C=O) groups excluding carboxylic acids is 1. The highest BCUT2D eigenvalue weighted by molar-refractivity contribution is 5.89. The van der Waals surface area contributed by atoms with E-state index in [1.54, 1.807) is 31.3 Å². The van der Waals surface area contributed by atoms with Crippen LogP contribution in [-0.4, -0.2) is 42.2 Å². The molecule has 0 saturated carbocycles. The van der Waals surface area contributed by atoms with Gasteiger partial charge in [0.25, 0.3) is 0 Å². The number of nitrogens with zero attached hydrogens (tertiary/aromatic N) is 1. The van der Waals surface area contributed by atoms with E-state index in [0.29, 0.717) is 25.3 Å². The van der Waals surface area contributed by atoms with Gasteiger partial charge in [-0.25, -0.2) is 4.79 Å². The number of hydrogen-bond donors (Lipinski definition) is 2. The molecule has 110 valence electrons. The smallest absolute Gasteiger partial charge is 0.321 e. The van der Waals surface area contributed by atoms with Crippen LogP contribution < -0.4 is 10.1 Å². The molecule has 0 unspecified atom stereocenters. The second-order valence-corrected chi connectivity index (χ2v) is 4.31. The molecule has 0 aromatic heterocycles. The Hall–Kier alpha value is -2.24. The fourth-order valence-corrected chi connectivity index (χ4v) is 1.59. The third-order valence-electron chi connectivity index (χ3n) is 2.65. The average molecular weight is 280 g/mol. The Balaban J connectivity index is 2.42. The van der Waals surface area contributed by atoms with Crippen molar-refractivity contribution in [2.75, 3.05) is 25.5 Å². The Morgan fingerprint density at radius 3 is 2.50 bits per heavy atom. The third kappa shape index (κ3) is 5.60. The summed E-state index contributed by atoms with van der Waals surface area (Å²) >= 11 is 0. The normalized spacial score (nSPS) is 9.90. The lowest BCUT2D eigenvalue weighted by molar-refractivity contribution is -0.137. The van der Waals surface area contributed by atoms with E-state index in [9.17, 15) is 9.59 Å². The Kier molecular flexibility index (Phi) is 6.36. The molecule has 0 radical (unpaired) electrons. The van der Waals surface area contributed by atoms with E-state index in [2.05, 4.69) is 5.32 Å². The van der Waals surface area contributed by atoms with Crippen LogP contribution in [-0.2, 0) is 4.79 Å². The summed E-state index contributed by atoms with van der Waals surface area (Å²) in [6.45, 7) is 2.90. The number of carboxylic acids is 1. The van der Waals surface area contributed by atoms with Crippen molar-refractivity contribution in [3.8, 4) is 5.75 Å². The largest absolute Gasteiger partial charge is 0.494 e. The van der Waals surface area contributed by atoms with Crippen LogP contribution in [0.25, 0.3) is 0 Å². The zero-order valence-electron chi connectivity index (χ0n) is 11.8. The van der Waals surface area contributed by atoms with E-state index in [4.69, 9.17) is 9.84 Å². The minimum absolute atomic E-state index is 0.0562. The lowest BCUT2D eigenvalue weighted by Gasteiger charge is -2.17. The third-order valence-corrected chi connectivity index (χ3v) is 2.65. The number of rotatable bonds is 7. The molecule has 0 bridgehead atoms. The van der Waals surface area contributed by atoms with Gasteiger partial charge in [0.2, 0.25) is 0 Å². The van der Waals surface area contributed by atoms with Crippen LogP contribution in [0.3, 0.4) is 0 Å². The van der Waals surface area contributed by atoms with E-state index in [-0.39, 0.29) is 12.5 Å². The number of aliphatic carboxylic acids is 1. The molecule has 6 nitrogen and oxygen atoms in total. The maximum absolute atomic E-state index is 11.8. The fraction of sp³-hybridized carbons (Fsp3) is 0.429. The molecule has 0 spiro atoms. The van der Waals surface area contributed by atoms with E-state index in [1.807, 2.05) is 6.92 Å². The summed E-state index contributed by atoms with van der Waals surface area (Å²) < 4.78 is 5.31. The zero-order chi connectivity index (χ0) is 15.0. The summed E-state index contributed by atoms with van der Waals surface area (Å²) in [4.78, 5) is 23.7. The highest BCUT2D eigenvalue weighted by Gasteiger charge is 2.09. The Morgan fingerprint density at radius 1 is 1.30 bits per heavy atom. The second-order valence-electron chi connectivity index (χ2n) is 4.31. The predicted molar refractivity (Wildman–Crippen MR) is 76.1 cm³/mol. The van der Waals surface area contributed by atoms with Crippen molar-refractivity contribution in [3.63, 3.8) is 0 Å². The van der Waals surface area contributed by atoms with Crippen LogP contribution in [0.1, 0.15) is 19.8 Å². The van der Waals surface area contributed by atoms with Gasteiger partial charge < -0.3 is 20.1 Å². The maximum atomic E-state index is 11.8. The Bertz CT molecular complexity index is 445. The lowest BCUT2D eigenvalue weighted by atomic mass is 10.3. The number of urea groups is 1. The molecule has 20 heavy (non-hydrogen) atoms. The molecule has 0 fully saturated rings. The molecule has 6 heteroatoms. The number of nitrogens with one attached hydrogen (secondary N) is 1. The van der Waals surface area contributed by atoms with Crippen LogP contribution in [0, 0.1) is 0 Å². The zero-order valence-corrected chi connectivity index (χ0v) is 11.8. The van der Waals surface area contributed by atoms with Crippen molar-refractivity contribution in [2.24, 2.45) is 0 Å². The van der Waals surface area contributed by atoms with Crippen molar-refractivity contribution in [1.82, 2.24) is 4.90 Å². The first-order valence-electron chi connectivity index (χ1n) is 6.49. The highest BCUT2D eigenvalue weighted by atomic mass is 16.5. The van der Waals surface area contributed by atoms with E-state index < -0.39 is 5.97 Å². The van der Waals surface area contributed by atoms with Crippen LogP contribution in [0.5, 0.6) is 5.75 Å². The summed E-state index contributed by atoms with van der Waals surface area (Å²) in [5.41, 5.74) is 0.670. The minimum atomic E-state index is -0.856. The van der Waals surface area contributed by atoms with Crippen LogP contribution in [0.2, 0.25) is 0 Å². The average Bonchev–Trinajstić information content (AvgIpc) is 2.40. The van der Waals surface area contributed by atoms with Gasteiger partial charge in [-0.2, -0.15) is 0 Å². The number of hydrogen-bond acceptors (Lipinski definition) is 3. The maximum Gasteiger partial charge on any atom is 0.321 e. The van der Waals surface area contributed by atoms with Crippen molar-refractivity contribution in [2.45, 2.75) is 19.8 Å². The quantitative estimate of drug-likeness (QED) is 0.804. The monoisotopic (exact) mass is 280 g/mol. The van der Waals surface area contributed by atoms with Gasteiger partial charge in [-0.15, -0.1) is 0 Å². The van der Waals surface area contributed by atoms with Crippen molar-refractivity contribution in [1.29, 1.82) is 0 Å². The van der Waals surface area contributed by atoms with Gasteiger partial charge in [0.05, 0.1) is 6.61 Å². The van der Waals surface area contributed by atoms with Crippen molar-refractivity contribution in [3.05, 3.63) is 24.3 Å². The van der Waals surface area contributed by atoms with Gasteiger partial charge in [-0.05, 0) is 37.6 Å². The molecule has 2 N–H and O–H groups in total. The molecule has 0 aliphatic heterocycles. The molecule has 0 saturated heterocycles. The van der Waals surface area contributed by atoms with Crippen LogP contribution in [0.15, 0.2) is 24.3 Å². The summed E-state index contributed by atoms with van der Waals surface area (Å²) in [6, 6.07) is 6.81. The second kappa shape index (κ2) is 8.04. The minimum Gasteiger partial charge on any atom is -0.494 e. The molecular formula is C14H20N2O4. The molecule has 0 aliphatic rings. The molecular weight excluding hydrogens is 260 g/mol. The number of carbonyl (C=O) groups is 2. The number of amides is 2. The van der Waals surface area contributed by atoms with Gasteiger partial charge in [0.1, 0.15) is 5.75 Å². The predicted octanol–water partition coefficient (Wildman–Crippen LogP) is 2.41. The summed E-state index contributed by atoms with van der Waals surface area (Å²) in [7, 11) is 1.63. The lowest BCUT2D eigenvalue weighted by Crippen LogP contribution is -2.32. The first-order valence-corrected chi connectivity index (χ1v) is 6.49. The van der Waals surface area contributed by atoms with Gasteiger partial charge in [0, 0.05) is 25.7 Å². The molecule has 1 aromatic rings. The molecule has 0 atom stereocenters. The number of anilines is 1. The molecule has 0 aliphatic carbocycles. The molecule has 2 amide bonds. The van der Waals surface area contributed by atoms with Crippen LogP contribution >= 0.6 is 0 Å². The fourth-order valence-electron chi connectivity index (χ4n) is 1.59. The number of ether oxygens (including phenoxy) is 1. The first-order chi connectivity index (χ1) is 9.52. The SMILES string of the molecule is CCOc1ccc(NC(=O)N(C)CCCC(=O)O)cc1. The number of benzene rings is 1. The van der Waals surface area contributed by atoms with Gasteiger partial charge in [-0.3, -0.25) is 4.79 Å². The standard InChI is InChI=1S/C14H20N2O4/c1-3-20-12-8-6-11(7-9-12)15-14(19)16(2)10-4-5-13(17)18/h6-9H,3-5,10H2,1-2H3,(H,15,19)(H,17,18). The van der Waals surface area contributed by atoms with Gasteiger partial charge in [0.15, 0.2) is 0 Å². The van der Waals surface area contributed by atoms with Gasteiger partial charge >= 0.3 is 12.0 Å². The van der Waals surface area contributed by atoms with Crippen molar-refractivity contribution >= 4 is 17.7 Å². The summed E-state index contributed by atoms with van der Waals surface area (Å²) in [5, 5.41) is 11.3. The highest BCUT2D eigenvalue weighted by Crippen LogP contribution is 2.15. The summed E-state index contributed by atoms with van der Waals surface area (Å²) in [5.74, 6) is -0.106. The molecule has 0 heterocycles. The molecule has 1 rings (SSSR count). The topological polar surface area (TPSA) is 78.9 Å². The van der Waals surface area contributed by atoms with E-state index in [0.717, 1.165) is 5.75 Å². The Morgan fingerprint density at radius 2 is 1.95 bits per heavy atom. The van der Waals surface area contributed by atoms with E-state index in [1.165, 1.54) is 4.90 Å². The first kappa shape index (κ1) is 15.8. The van der Waals surface area contributed by atoms with Crippen molar-refractivity contribution < 1.29 is 19.4 Å². The molecule has 1 aromatic carbocycles.